The molecule has 17 heavy (non-hydrogen) atoms. The molecule has 0 fully saturated rings. The van der Waals surface area contributed by atoms with Crippen molar-refractivity contribution < 1.29 is 0 Å². The Morgan fingerprint density at radius 3 is 2.41 bits per heavy atom. The Labute approximate surface area is 97.3 Å². The summed E-state index contributed by atoms with van der Waals surface area (Å²) < 4.78 is 0. The minimum atomic E-state index is 0.494. The smallest absolute Gasteiger partial charge is 0.387 e. The van der Waals surface area contributed by atoms with E-state index in [0.29, 0.717) is 11.4 Å². The average molecular weight is 221 g/mol. The molecule has 4 heteroatoms. The van der Waals surface area contributed by atoms with Crippen LogP contribution >= 0.6 is 0 Å². The average Bonchev–Trinajstić information content (AvgIpc) is 2.35. The van der Waals surface area contributed by atoms with Crippen LogP contribution < -0.4 is 5.73 Å². The Hall–Kier alpha value is -2.67. The minimum Gasteiger partial charge on any atom is -0.399 e. The molecule has 1 heterocycles. The van der Waals surface area contributed by atoms with Gasteiger partial charge >= 0.3 is 5.69 Å². The number of diazo groups is 1. The molecule has 2 aromatic carbocycles. The van der Waals surface area contributed by atoms with Gasteiger partial charge in [-0.3, -0.25) is 0 Å². The van der Waals surface area contributed by atoms with Crippen LogP contribution in [0.15, 0.2) is 42.5 Å². The fourth-order valence-corrected chi connectivity index (χ4v) is 1.89. The van der Waals surface area contributed by atoms with Crippen LogP contribution in [0.3, 0.4) is 0 Å². The molecule has 0 bridgehead atoms. The van der Waals surface area contributed by atoms with Gasteiger partial charge in [-0.05, 0) is 24.3 Å². The highest BCUT2D eigenvalue weighted by Gasteiger charge is 2.07. The molecule has 0 radical (unpaired) electrons. The van der Waals surface area contributed by atoms with Gasteiger partial charge in [-0.2, -0.15) is 0 Å². The third kappa shape index (κ3) is 1.54. The molecule has 0 atom stereocenters. The summed E-state index contributed by atoms with van der Waals surface area (Å²) in [6.45, 7) is 0. The first-order valence-electron chi connectivity index (χ1n) is 5.21. The second-order valence-corrected chi connectivity index (χ2v) is 3.92. The Kier molecular flexibility index (Phi) is 1.92. The van der Waals surface area contributed by atoms with Crippen LogP contribution in [0.2, 0.25) is 0 Å². The van der Waals surface area contributed by atoms with E-state index in [2.05, 4.69) is 9.96 Å². The molecule has 0 saturated heterocycles. The van der Waals surface area contributed by atoms with Crippen LogP contribution in [0, 0.1) is 5.39 Å². The highest BCUT2D eigenvalue weighted by molar-refractivity contribution is 5.94. The molecule has 0 aliphatic rings. The second-order valence-electron chi connectivity index (χ2n) is 3.92. The molecule has 3 aromatic rings. The number of anilines is 1. The lowest BCUT2D eigenvalue weighted by molar-refractivity contribution is 1.45. The number of nitrogen functional groups attached to an aromatic ring is 1. The van der Waals surface area contributed by atoms with E-state index in [4.69, 9.17) is 11.1 Å². The summed E-state index contributed by atoms with van der Waals surface area (Å²) in [6.07, 6.45) is 0. The van der Waals surface area contributed by atoms with E-state index in [-0.39, 0.29) is 0 Å². The summed E-state index contributed by atoms with van der Waals surface area (Å²) in [5.41, 5.74) is 8.54. The summed E-state index contributed by atoms with van der Waals surface area (Å²) >= 11 is 0. The topological polar surface area (TPSA) is 67.1 Å². The first-order valence-corrected chi connectivity index (χ1v) is 5.21. The van der Waals surface area contributed by atoms with Gasteiger partial charge in [-0.15, -0.1) is 0 Å². The Morgan fingerprint density at radius 2 is 1.65 bits per heavy atom. The van der Waals surface area contributed by atoms with Gasteiger partial charge in [0.15, 0.2) is 4.98 Å². The van der Waals surface area contributed by atoms with E-state index in [9.17, 15) is 0 Å². The largest absolute Gasteiger partial charge is 0.399 e. The van der Waals surface area contributed by atoms with Crippen molar-refractivity contribution in [2.75, 3.05) is 5.73 Å². The number of pyridine rings is 1. The maximum absolute atomic E-state index is 8.73. The highest BCUT2D eigenvalue weighted by atomic mass is 14.8. The second kappa shape index (κ2) is 3.42. The lowest BCUT2D eigenvalue weighted by Gasteiger charge is -2.01. The van der Waals surface area contributed by atoms with Crippen molar-refractivity contribution in [3.63, 3.8) is 0 Å². The lowest BCUT2D eigenvalue weighted by atomic mass is 10.1. The van der Waals surface area contributed by atoms with E-state index < -0.39 is 0 Å². The van der Waals surface area contributed by atoms with Gasteiger partial charge in [0.1, 0.15) is 0 Å². The van der Waals surface area contributed by atoms with E-state index in [0.717, 1.165) is 21.8 Å². The van der Waals surface area contributed by atoms with Crippen LogP contribution in [-0.2, 0) is 0 Å². The molecule has 1 aromatic heterocycles. The molecule has 0 spiro atoms. The predicted octanol–water partition coefficient (Wildman–Crippen LogP) is 3.45. The predicted molar refractivity (Wildman–Crippen MR) is 68.4 cm³/mol. The Morgan fingerprint density at radius 1 is 0.941 bits per heavy atom. The maximum atomic E-state index is 8.73. The van der Waals surface area contributed by atoms with Crippen molar-refractivity contribution in [3.05, 3.63) is 47.4 Å². The van der Waals surface area contributed by atoms with Crippen molar-refractivity contribution in [2.45, 2.75) is 0 Å². The van der Waals surface area contributed by atoms with Gasteiger partial charge in [-0.25, -0.2) is 4.98 Å². The monoisotopic (exact) mass is 221 g/mol. The molecule has 0 aliphatic heterocycles. The summed E-state index contributed by atoms with van der Waals surface area (Å²) in [5.74, 6) is 0. The molecule has 0 saturated carbocycles. The molecule has 4 nitrogen and oxygen atoms in total. The van der Waals surface area contributed by atoms with Gasteiger partial charge in [0.2, 0.25) is 5.39 Å². The van der Waals surface area contributed by atoms with Crippen LogP contribution in [0.25, 0.3) is 26.8 Å². The van der Waals surface area contributed by atoms with E-state index >= 15 is 0 Å². The number of hydrogen-bond donors (Lipinski definition) is 1. The Bertz CT molecular complexity index is 771. The summed E-state index contributed by atoms with van der Waals surface area (Å²) in [7, 11) is 0. The van der Waals surface area contributed by atoms with Crippen LogP contribution in [0.4, 0.5) is 11.4 Å². The highest BCUT2D eigenvalue weighted by Crippen LogP contribution is 2.24. The number of nitrogens with two attached hydrogens (primary N) is 1. The van der Waals surface area contributed by atoms with Crippen molar-refractivity contribution >= 4 is 33.2 Å². The van der Waals surface area contributed by atoms with Gasteiger partial charge in [0.05, 0.1) is 17.1 Å². The molecule has 2 N–H and O–H groups in total. The normalized spacial score (nSPS) is 10.5. The standard InChI is InChI=1S/C13H9N4/c14-10-3-1-8-5-9-2-4-11(17-15)7-13(9)16-12(8)6-10/h1-7H,14H2/q+1. The van der Waals surface area contributed by atoms with E-state index in [1.807, 2.05) is 30.3 Å². The number of hydrogen-bond acceptors (Lipinski definition) is 3. The third-order valence-electron chi connectivity index (χ3n) is 2.74. The fourth-order valence-electron chi connectivity index (χ4n) is 1.89. The van der Waals surface area contributed by atoms with Gasteiger partial charge < -0.3 is 5.73 Å². The molecule has 80 valence electrons. The number of benzene rings is 2. The van der Waals surface area contributed by atoms with Crippen molar-refractivity contribution in [2.24, 2.45) is 0 Å². The first-order chi connectivity index (χ1) is 8.26. The number of rotatable bonds is 0. The van der Waals surface area contributed by atoms with Crippen molar-refractivity contribution in [3.8, 4) is 0 Å². The summed E-state index contributed by atoms with van der Waals surface area (Å²) in [6, 6.07) is 13.0. The van der Waals surface area contributed by atoms with Crippen LogP contribution in [-0.4, -0.2) is 4.98 Å². The van der Waals surface area contributed by atoms with Gasteiger partial charge in [0, 0.05) is 22.5 Å². The minimum absolute atomic E-state index is 0.494. The molecular formula is C13H9N4+. The summed E-state index contributed by atoms with van der Waals surface area (Å²) in [4.78, 5) is 7.65. The Balaban J connectivity index is 2.40. The van der Waals surface area contributed by atoms with E-state index in [1.54, 1.807) is 12.1 Å². The van der Waals surface area contributed by atoms with Crippen molar-refractivity contribution in [1.82, 2.24) is 4.98 Å². The number of fused-ring (bicyclic) bond motifs is 2. The molecule has 0 aliphatic carbocycles. The van der Waals surface area contributed by atoms with Crippen molar-refractivity contribution in [1.29, 1.82) is 5.39 Å². The molecule has 3 rings (SSSR count). The zero-order valence-electron chi connectivity index (χ0n) is 8.96. The third-order valence-corrected chi connectivity index (χ3v) is 2.74. The van der Waals surface area contributed by atoms with Crippen LogP contribution in [0.5, 0.6) is 0 Å². The zero-order chi connectivity index (χ0) is 11.8. The van der Waals surface area contributed by atoms with Gasteiger partial charge in [0.25, 0.3) is 0 Å². The zero-order valence-corrected chi connectivity index (χ0v) is 8.96. The molecule has 0 unspecified atom stereocenters. The number of nitrogens with zero attached hydrogens (tertiary/aromatic N) is 3. The lowest BCUT2D eigenvalue weighted by Crippen LogP contribution is -1.86. The maximum Gasteiger partial charge on any atom is 0.387 e. The van der Waals surface area contributed by atoms with E-state index in [1.165, 1.54) is 0 Å². The first kappa shape index (κ1) is 9.55. The molecule has 0 amide bonds. The fraction of sp³-hybridized carbons (Fsp3) is 0. The SMILES string of the molecule is N#[N+]c1ccc2cc3ccc(N)cc3nc2c1. The van der Waals surface area contributed by atoms with Crippen LogP contribution in [0.1, 0.15) is 0 Å². The quantitative estimate of drug-likeness (QED) is 0.359. The number of aromatic nitrogens is 1. The van der Waals surface area contributed by atoms with Gasteiger partial charge in [-0.1, -0.05) is 6.07 Å². The summed E-state index contributed by atoms with van der Waals surface area (Å²) in [5, 5.41) is 10.8. The molecular weight excluding hydrogens is 212 g/mol.